The quantitative estimate of drug-likeness (QED) is 0.829. The molecule has 98 valence electrons. The molecule has 18 heavy (non-hydrogen) atoms. The second-order valence-corrected chi connectivity index (χ2v) is 5.20. The average Bonchev–Trinajstić information content (AvgIpc) is 3.03. The van der Waals surface area contributed by atoms with E-state index in [9.17, 15) is 0 Å². The largest absolute Gasteiger partial charge is 0.368 e. The third kappa shape index (κ3) is 2.20. The van der Waals surface area contributed by atoms with Crippen LogP contribution in [-0.4, -0.2) is 40.2 Å². The molecule has 1 aromatic heterocycles. The Morgan fingerprint density at radius 1 is 1.56 bits per heavy atom. The predicted molar refractivity (Wildman–Crippen MR) is 71.0 cm³/mol. The topological polar surface area (TPSA) is 67.1 Å². The van der Waals surface area contributed by atoms with E-state index in [0.717, 1.165) is 12.2 Å². The molecule has 0 spiro atoms. The van der Waals surface area contributed by atoms with Crippen LogP contribution in [0, 0.1) is 0 Å². The van der Waals surface area contributed by atoms with Gasteiger partial charge < -0.3 is 11.1 Å². The number of aromatic nitrogens is 2. The molecule has 3 unspecified atom stereocenters. The zero-order valence-corrected chi connectivity index (χ0v) is 10.8. The average molecular weight is 247 g/mol. The van der Waals surface area contributed by atoms with Crippen LogP contribution >= 0.6 is 0 Å². The molecule has 3 N–H and O–H groups in total. The summed E-state index contributed by atoms with van der Waals surface area (Å²) in [6, 6.07) is 2.64. The summed E-state index contributed by atoms with van der Waals surface area (Å²) in [5.41, 5.74) is 6.76. The number of nitrogens with two attached hydrogens (primary N) is 1. The maximum absolute atomic E-state index is 5.65. The zero-order valence-electron chi connectivity index (χ0n) is 10.8. The molecule has 3 atom stereocenters. The van der Waals surface area contributed by atoms with E-state index >= 15 is 0 Å². The van der Waals surface area contributed by atoms with Gasteiger partial charge in [0.1, 0.15) is 0 Å². The van der Waals surface area contributed by atoms with Crippen LogP contribution in [0.2, 0.25) is 0 Å². The fraction of sp³-hybridized carbons (Fsp3) is 0.692. The lowest BCUT2D eigenvalue weighted by Crippen LogP contribution is -2.42. The van der Waals surface area contributed by atoms with Crippen LogP contribution in [0.3, 0.4) is 0 Å². The van der Waals surface area contributed by atoms with Gasteiger partial charge in [0, 0.05) is 24.7 Å². The molecule has 5 heteroatoms. The number of rotatable bonds is 4. The van der Waals surface area contributed by atoms with E-state index < -0.39 is 0 Å². The molecule has 1 aliphatic carbocycles. The number of likely N-dealkylation sites (tertiary alicyclic amines) is 1. The summed E-state index contributed by atoms with van der Waals surface area (Å²) < 4.78 is 0. The minimum Gasteiger partial charge on any atom is -0.368 e. The van der Waals surface area contributed by atoms with Gasteiger partial charge >= 0.3 is 0 Å². The first kappa shape index (κ1) is 11.9. The Hall–Kier alpha value is -1.20. The van der Waals surface area contributed by atoms with Gasteiger partial charge in [0.05, 0.1) is 11.9 Å². The Labute approximate surface area is 108 Å². The smallest absolute Gasteiger partial charge is 0.220 e. The summed E-state index contributed by atoms with van der Waals surface area (Å²) in [6.45, 7) is 4.42. The highest BCUT2D eigenvalue weighted by Gasteiger charge is 2.47. The Balaban J connectivity index is 1.66. The molecule has 0 amide bonds. The van der Waals surface area contributed by atoms with Gasteiger partial charge in [-0.1, -0.05) is 6.92 Å². The van der Waals surface area contributed by atoms with E-state index in [1.54, 1.807) is 6.20 Å². The summed E-state index contributed by atoms with van der Waals surface area (Å²) >= 11 is 0. The van der Waals surface area contributed by atoms with E-state index in [1.165, 1.54) is 25.8 Å². The minimum atomic E-state index is 0.391. The molecule has 2 heterocycles. The van der Waals surface area contributed by atoms with Crippen LogP contribution in [0.25, 0.3) is 0 Å². The third-order valence-corrected chi connectivity index (χ3v) is 3.99. The standard InChI is InChI=1S/C13H21N5/c1-2-15-12-4-3-7-18(12)11-8-9(11)10-5-6-16-13(14)17-10/h5-6,9,11-12,15H,2-4,7-8H2,1H3,(H2,14,16,17). The Morgan fingerprint density at radius 2 is 2.44 bits per heavy atom. The van der Waals surface area contributed by atoms with E-state index in [0.29, 0.717) is 24.1 Å². The first-order valence-corrected chi connectivity index (χ1v) is 6.87. The van der Waals surface area contributed by atoms with Gasteiger partial charge in [0.15, 0.2) is 0 Å². The SMILES string of the molecule is CCNC1CCCN1C1CC1c1ccnc(N)n1. The van der Waals surface area contributed by atoms with Crippen LogP contribution < -0.4 is 11.1 Å². The lowest BCUT2D eigenvalue weighted by molar-refractivity contribution is 0.207. The molecule has 5 nitrogen and oxygen atoms in total. The zero-order chi connectivity index (χ0) is 12.5. The highest BCUT2D eigenvalue weighted by Crippen LogP contribution is 2.46. The van der Waals surface area contributed by atoms with Crippen molar-refractivity contribution in [2.24, 2.45) is 0 Å². The van der Waals surface area contributed by atoms with Crippen molar-refractivity contribution >= 4 is 5.95 Å². The summed E-state index contributed by atoms with van der Waals surface area (Å²) in [4.78, 5) is 10.9. The summed E-state index contributed by atoms with van der Waals surface area (Å²) in [7, 11) is 0. The minimum absolute atomic E-state index is 0.391. The number of nitrogens with one attached hydrogen (secondary N) is 1. The van der Waals surface area contributed by atoms with Crippen LogP contribution in [0.4, 0.5) is 5.95 Å². The van der Waals surface area contributed by atoms with Crippen molar-refractivity contribution < 1.29 is 0 Å². The van der Waals surface area contributed by atoms with Gasteiger partial charge in [-0.25, -0.2) is 9.97 Å². The molecular weight excluding hydrogens is 226 g/mol. The maximum Gasteiger partial charge on any atom is 0.220 e. The molecule has 2 aliphatic rings. The van der Waals surface area contributed by atoms with Crippen LogP contribution in [0.15, 0.2) is 12.3 Å². The number of anilines is 1. The fourth-order valence-electron chi connectivity index (χ4n) is 3.10. The van der Waals surface area contributed by atoms with E-state index in [1.807, 2.05) is 6.07 Å². The van der Waals surface area contributed by atoms with Crippen molar-refractivity contribution in [2.75, 3.05) is 18.8 Å². The predicted octanol–water partition coefficient (Wildman–Crippen LogP) is 0.946. The normalized spacial score (nSPS) is 31.7. The first-order chi connectivity index (χ1) is 8.79. The van der Waals surface area contributed by atoms with E-state index in [-0.39, 0.29) is 0 Å². The second kappa shape index (κ2) is 4.82. The van der Waals surface area contributed by atoms with Gasteiger partial charge in [-0.3, -0.25) is 4.90 Å². The summed E-state index contributed by atoms with van der Waals surface area (Å²) in [5.74, 6) is 0.942. The molecule has 1 aliphatic heterocycles. The maximum atomic E-state index is 5.65. The number of hydrogen-bond acceptors (Lipinski definition) is 5. The Morgan fingerprint density at radius 3 is 3.22 bits per heavy atom. The Kier molecular flexibility index (Phi) is 3.18. The second-order valence-electron chi connectivity index (χ2n) is 5.20. The first-order valence-electron chi connectivity index (χ1n) is 6.87. The molecule has 1 aromatic rings. The Bertz CT molecular complexity index is 422. The van der Waals surface area contributed by atoms with Gasteiger partial charge in [0.2, 0.25) is 5.95 Å². The van der Waals surface area contributed by atoms with Crippen molar-refractivity contribution in [3.63, 3.8) is 0 Å². The highest BCUT2D eigenvalue weighted by atomic mass is 15.3. The molecule has 0 bridgehead atoms. The van der Waals surface area contributed by atoms with Gasteiger partial charge in [-0.2, -0.15) is 0 Å². The van der Waals surface area contributed by atoms with Crippen LogP contribution in [0.5, 0.6) is 0 Å². The molecule has 0 aromatic carbocycles. The summed E-state index contributed by atoms with van der Waals surface area (Å²) in [6.07, 6.45) is 6.09. The van der Waals surface area contributed by atoms with Crippen LogP contribution in [-0.2, 0) is 0 Å². The van der Waals surface area contributed by atoms with E-state index in [2.05, 4.69) is 27.1 Å². The van der Waals surface area contributed by atoms with Crippen molar-refractivity contribution in [3.05, 3.63) is 18.0 Å². The summed E-state index contributed by atoms with van der Waals surface area (Å²) in [5, 5.41) is 3.57. The third-order valence-electron chi connectivity index (χ3n) is 3.99. The van der Waals surface area contributed by atoms with Gasteiger partial charge in [-0.05, 0) is 31.9 Å². The van der Waals surface area contributed by atoms with Crippen molar-refractivity contribution in [2.45, 2.75) is 44.3 Å². The number of hydrogen-bond donors (Lipinski definition) is 2. The molecule has 2 fully saturated rings. The molecule has 1 saturated carbocycles. The van der Waals surface area contributed by atoms with Crippen LogP contribution in [0.1, 0.15) is 37.8 Å². The highest BCUT2D eigenvalue weighted by molar-refractivity contribution is 5.26. The van der Waals surface area contributed by atoms with E-state index in [4.69, 9.17) is 5.73 Å². The van der Waals surface area contributed by atoms with Crippen molar-refractivity contribution in [1.29, 1.82) is 0 Å². The lowest BCUT2D eigenvalue weighted by Gasteiger charge is -2.25. The fourth-order valence-corrected chi connectivity index (χ4v) is 3.10. The molecule has 1 saturated heterocycles. The number of nitrogens with zero attached hydrogens (tertiary/aromatic N) is 3. The van der Waals surface area contributed by atoms with Crippen molar-refractivity contribution in [3.8, 4) is 0 Å². The number of nitrogen functional groups attached to an aromatic ring is 1. The monoisotopic (exact) mass is 247 g/mol. The molecule has 0 radical (unpaired) electrons. The van der Waals surface area contributed by atoms with Crippen molar-refractivity contribution in [1.82, 2.24) is 20.2 Å². The lowest BCUT2D eigenvalue weighted by atomic mass is 10.2. The van der Waals surface area contributed by atoms with Gasteiger partial charge in [-0.15, -0.1) is 0 Å². The molecule has 3 rings (SSSR count). The van der Waals surface area contributed by atoms with Gasteiger partial charge in [0.25, 0.3) is 0 Å². The molecular formula is C13H21N5.